The zero-order valence-electron chi connectivity index (χ0n) is 10.2. The van der Waals surface area contributed by atoms with Gasteiger partial charge >= 0.3 is 0 Å². The number of Topliss-reactive ketones (excluding diaryl/α,β-unsaturated/α-hetero) is 1. The topological polar surface area (TPSA) is 76.3 Å². The monoisotopic (exact) mass is 249 g/mol. The van der Waals surface area contributed by atoms with Crippen molar-refractivity contribution in [1.29, 1.82) is 0 Å². The maximum absolute atomic E-state index is 11.4. The van der Waals surface area contributed by atoms with Crippen LogP contribution in [0.25, 0.3) is 0 Å². The molecule has 0 bridgehead atoms. The van der Waals surface area contributed by atoms with Crippen LogP contribution in [-0.4, -0.2) is 28.8 Å². The first-order valence-electron chi connectivity index (χ1n) is 5.94. The van der Waals surface area contributed by atoms with E-state index >= 15 is 0 Å². The maximum atomic E-state index is 11.4. The molecule has 0 N–H and O–H groups in total. The number of piperidine rings is 1. The molecule has 6 heteroatoms. The standard InChI is InChI=1S/C12H15N3O3/c1-9(16)10-3-2-6-14(8-10)12-5-4-11(7-13-12)15(17)18/h4-5,7,10H,2-3,6,8H2,1H3. The molecule has 18 heavy (non-hydrogen) atoms. The molecule has 1 aromatic heterocycles. The van der Waals surface area contributed by atoms with Crippen LogP contribution in [0.3, 0.4) is 0 Å². The van der Waals surface area contributed by atoms with Crippen LogP contribution in [0.5, 0.6) is 0 Å². The van der Waals surface area contributed by atoms with E-state index in [4.69, 9.17) is 0 Å². The van der Waals surface area contributed by atoms with E-state index in [-0.39, 0.29) is 17.4 Å². The fourth-order valence-corrected chi connectivity index (χ4v) is 2.19. The number of pyridine rings is 1. The smallest absolute Gasteiger partial charge is 0.287 e. The molecular weight excluding hydrogens is 234 g/mol. The summed E-state index contributed by atoms with van der Waals surface area (Å²) in [6.07, 6.45) is 3.12. The zero-order chi connectivity index (χ0) is 13.1. The lowest BCUT2D eigenvalue weighted by molar-refractivity contribution is -0.385. The second-order valence-corrected chi connectivity index (χ2v) is 4.53. The van der Waals surface area contributed by atoms with Gasteiger partial charge in [0.2, 0.25) is 0 Å². The summed E-state index contributed by atoms with van der Waals surface area (Å²) < 4.78 is 0. The first-order chi connectivity index (χ1) is 8.58. The van der Waals surface area contributed by atoms with Crippen molar-refractivity contribution in [3.63, 3.8) is 0 Å². The van der Waals surface area contributed by atoms with Crippen LogP contribution in [-0.2, 0) is 4.79 Å². The molecule has 1 atom stereocenters. The predicted octanol–water partition coefficient (Wildman–Crippen LogP) is 1.80. The van der Waals surface area contributed by atoms with Crippen molar-refractivity contribution in [3.8, 4) is 0 Å². The summed E-state index contributed by atoms with van der Waals surface area (Å²) in [5, 5.41) is 10.5. The number of carbonyl (C=O) groups excluding carboxylic acids is 1. The molecule has 0 amide bonds. The molecule has 1 saturated heterocycles. The molecule has 2 heterocycles. The number of nitrogens with zero attached hydrogens (tertiary/aromatic N) is 3. The lowest BCUT2D eigenvalue weighted by atomic mass is 9.94. The third kappa shape index (κ3) is 2.64. The van der Waals surface area contributed by atoms with E-state index in [0.29, 0.717) is 12.4 Å². The van der Waals surface area contributed by atoms with Gasteiger partial charge in [-0.05, 0) is 25.8 Å². The second-order valence-electron chi connectivity index (χ2n) is 4.53. The number of hydrogen-bond donors (Lipinski definition) is 0. The molecule has 1 aliphatic heterocycles. The summed E-state index contributed by atoms with van der Waals surface area (Å²) in [5.74, 6) is 0.948. The number of anilines is 1. The third-order valence-corrected chi connectivity index (χ3v) is 3.26. The summed E-state index contributed by atoms with van der Waals surface area (Å²) in [5.41, 5.74) is -0.0149. The largest absolute Gasteiger partial charge is 0.356 e. The van der Waals surface area contributed by atoms with E-state index in [9.17, 15) is 14.9 Å². The van der Waals surface area contributed by atoms with Gasteiger partial charge in [0.05, 0.1) is 4.92 Å². The summed E-state index contributed by atoms with van der Waals surface area (Å²) in [4.78, 5) is 27.6. The fourth-order valence-electron chi connectivity index (χ4n) is 2.19. The van der Waals surface area contributed by atoms with Gasteiger partial charge in [-0.3, -0.25) is 14.9 Å². The van der Waals surface area contributed by atoms with Crippen LogP contribution in [0, 0.1) is 16.0 Å². The average molecular weight is 249 g/mol. The second kappa shape index (κ2) is 5.12. The average Bonchev–Trinajstić information content (AvgIpc) is 2.39. The zero-order valence-corrected chi connectivity index (χ0v) is 10.2. The minimum absolute atomic E-state index is 0.0149. The van der Waals surface area contributed by atoms with Gasteiger partial charge < -0.3 is 4.90 Å². The highest BCUT2D eigenvalue weighted by molar-refractivity contribution is 5.79. The van der Waals surface area contributed by atoms with E-state index in [2.05, 4.69) is 4.98 Å². The molecule has 96 valence electrons. The van der Waals surface area contributed by atoms with Gasteiger partial charge in [-0.25, -0.2) is 4.98 Å². The van der Waals surface area contributed by atoms with Crippen molar-refractivity contribution in [2.45, 2.75) is 19.8 Å². The number of ketones is 1. The fraction of sp³-hybridized carbons (Fsp3) is 0.500. The Morgan fingerprint density at radius 3 is 2.89 bits per heavy atom. The highest BCUT2D eigenvalue weighted by Gasteiger charge is 2.24. The minimum atomic E-state index is -0.467. The normalized spacial score (nSPS) is 19.6. The molecule has 0 aliphatic carbocycles. The number of nitro groups is 1. The van der Waals surface area contributed by atoms with Gasteiger partial charge in [0.15, 0.2) is 0 Å². The molecule has 6 nitrogen and oxygen atoms in total. The Morgan fingerprint density at radius 2 is 2.33 bits per heavy atom. The number of aromatic nitrogens is 1. The quantitative estimate of drug-likeness (QED) is 0.603. The van der Waals surface area contributed by atoms with E-state index in [1.807, 2.05) is 4.90 Å². The SMILES string of the molecule is CC(=O)C1CCCN(c2ccc([N+](=O)[O-])cn2)C1. The molecule has 2 rings (SSSR count). The molecular formula is C12H15N3O3. The van der Waals surface area contributed by atoms with Crippen LogP contribution < -0.4 is 4.90 Å². The van der Waals surface area contributed by atoms with E-state index in [1.54, 1.807) is 13.0 Å². The minimum Gasteiger partial charge on any atom is -0.356 e. The summed E-state index contributed by atoms with van der Waals surface area (Å²) in [6, 6.07) is 3.08. The first-order valence-corrected chi connectivity index (χ1v) is 5.94. The van der Waals surface area contributed by atoms with Crippen LogP contribution in [0.1, 0.15) is 19.8 Å². The van der Waals surface area contributed by atoms with Crippen LogP contribution in [0.4, 0.5) is 11.5 Å². The van der Waals surface area contributed by atoms with E-state index < -0.39 is 4.92 Å². The lowest BCUT2D eigenvalue weighted by Crippen LogP contribution is -2.38. The maximum Gasteiger partial charge on any atom is 0.287 e. The van der Waals surface area contributed by atoms with Crippen LogP contribution in [0.2, 0.25) is 0 Å². The van der Waals surface area contributed by atoms with E-state index in [1.165, 1.54) is 12.3 Å². The van der Waals surface area contributed by atoms with E-state index in [0.717, 1.165) is 19.4 Å². The molecule has 1 unspecified atom stereocenters. The van der Waals surface area contributed by atoms with Crippen molar-refractivity contribution in [1.82, 2.24) is 4.98 Å². The van der Waals surface area contributed by atoms with Gasteiger partial charge in [-0.15, -0.1) is 0 Å². The Hall–Kier alpha value is -1.98. The summed E-state index contributed by atoms with van der Waals surface area (Å²) in [7, 11) is 0. The van der Waals surface area contributed by atoms with Crippen molar-refractivity contribution >= 4 is 17.3 Å². The van der Waals surface area contributed by atoms with Gasteiger partial charge in [-0.1, -0.05) is 0 Å². The Bertz CT molecular complexity index is 458. The molecule has 0 saturated carbocycles. The van der Waals surface area contributed by atoms with Gasteiger partial charge in [0.1, 0.15) is 17.8 Å². The third-order valence-electron chi connectivity index (χ3n) is 3.26. The Labute approximate surface area is 105 Å². The van der Waals surface area contributed by atoms with Gasteiger partial charge in [0, 0.05) is 25.1 Å². The Morgan fingerprint density at radius 1 is 1.56 bits per heavy atom. The van der Waals surface area contributed by atoms with Crippen molar-refractivity contribution in [3.05, 3.63) is 28.4 Å². The van der Waals surface area contributed by atoms with Crippen LogP contribution >= 0.6 is 0 Å². The molecule has 1 aromatic rings. The van der Waals surface area contributed by atoms with Crippen molar-refractivity contribution < 1.29 is 9.72 Å². The van der Waals surface area contributed by atoms with Crippen molar-refractivity contribution in [2.75, 3.05) is 18.0 Å². The first kappa shape index (κ1) is 12.5. The van der Waals surface area contributed by atoms with Gasteiger partial charge in [0.25, 0.3) is 5.69 Å². The molecule has 1 fully saturated rings. The van der Waals surface area contributed by atoms with Crippen molar-refractivity contribution in [2.24, 2.45) is 5.92 Å². The Kier molecular flexibility index (Phi) is 3.55. The highest BCUT2D eigenvalue weighted by atomic mass is 16.6. The lowest BCUT2D eigenvalue weighted by Gasteiger charge is -2.32. The Balaban J connectivity index is 2.11. The number of carbonyl (C=O) groups is 1. The highest BCUT2D eigenvalue weighted by Crippen LogP contribution is 2.23. The molecule has 0 radical (unpaired) electrons. The molecule has 0 aromatic carbocycles. The number of rotatable bonds is 3. The van der Waals surface area contributed by atoms with Gasteiger partial charge in [-0.2, -0.15) is 0 Å². The van der Waals surface area contributed by atoms with Crippen LogP contribution in [0.15, 0.2) is 18.3 Å². The molecule has 1 aliphatic rings. The number of hydrogen-bond acceptors (Lipinski definition) is 5. The summed E-state index contributed by atoms with van der Waals surface area (Å²) in [6.45, 7) is 3.10. The summed E-state index contributed by atoms with van der Waals surface area (Å²) >= 11 is 0. The molecule has 0 spiro atoms. The predicted molar refractivity (Wildman–Crippen MR) is 66.5 cm³/mol.